The van der Waals surface area contributed by atoms with E-state index in [2.05, 4.69) is 32.4 Å². The topological polar surface area (TPSA) is 73.3 Å². The van der Waals surface area contributed by atoms with E-state index in [1.165, 1.54) is 59.5 Å². The van der Waals surface area contributed by atoms with E-state index in [9.17, 15) is 13.6 Å². The lowest BCUT2D eigenvalue weighted by Crippen LogP contribution is -2.12. The Morgan fingerprint density at radius 2 is 1.93 bits per heavy atom. The second kappa shape index (κ2) is 9.66. The SMILES string of the molecule is COc1cc(C(=O)Nc2nnc(SCc3ccc(C)cc3)s2)ccc1OC(F)F. The molecule has 152 valence electrons. The van der Waals surface area contributed by atoms with Crippen LogP contribution in [0.1, 0.15) is 21.5 Å². The number of halogens is 2. The first-order valence-corrected chi connectivity index (χ1v) is 10.2. The predicted octanol–water partition coefficient (Wildman–Crippen LogP) is 5.00. The lowest BCUT2D eigenvalue weighted by molar-refractivity contribution is -0.0512. The Bertz CT molecular complexity index is 981. The molecule has 1 N–H and O–H groups in total. The third-order valence-electron chi connectivity index (χ3n) is 3.75. The molecule has 0 atom stereocenters. The summed E-state index contributed by atoms with van der Waals surface area (Å²) < 4.78 is 34.9. The number of carbonyl (C=O) groups excluding carboxylic acids is 1. The van der Waals surface area contributed by atoms with E-state index in [0.29, 0.717) is 5.13 Å². The summed E-state index contributed by atoms with van der Waals surface area (Å²) in [5.41, 5.74) is 2.58. The Labute approximate surface area is 174 Å². The van der Waals surface area contributed by atoms with Gasteiger partial charge < -0.3 is 9.47 Å². The average molecular weight is 437 g/mol. The van der Waals surface area contributed by atoms with Gasteiger partial charge in [-0.15, -0.1) is 10.2 Å². The summed E-state index contributed by atoms with van der Waals surface area (Å²) in [6.45, 7) is -0.952. The molecule has 2 aromatic carbocycles. The van der Waals surface area contributed by atoms with Crippen molar-refractivity contribution in [3.8, 4) is 11.5 Å². The molecule has 0 unspecified atom stereocenters. The lowest BCUT2D eigenvalue weighted by atomic mass is 10.2. The van der Waals surface area contributed by atoms with Gasteiger partial charge in [-0.2, -0.15) is 8.78 Å². The fraction of sp³-hybridized carbons (Fsp3) is 0.211. The van der Waals surface area contributed by atoms with E-state index in [1.54, 1.807) is 0 Å². The third kappa shape index (κ3) is 5.88. The highest BCUT2D eigenvalue weighted by molar-refractivity contribution is 8.00. The first-order valence-electron chi connectivity index (χ1n) is 8.40. The maximum absolute atomic E-state index is 12.4. The van der Waals surface area contributed by atoms with Crippen LogP contribution in [-0.4, -0.2) is 29.8 Å². The van der Waals surface area contributed by atoms with Crippen LogP contribution in [0.25, 0.3) is 0 Å². The van der Waals surface area contributed by atoms with Crippen molar-refractivity contribution in [2.24, 2.45) is 0 Å². The molecule has 3 aromatic rings. The summed E-state index contributed by atoms with van der Waals surface area (Å²) >= 11 is 2.78. The fourth-order valence-electron chi connectivity index (χ4n) is 2.32. The van der Waals surface area contributed by atoms with Gasteiger partial charge in [-0.25, -0.2) is 0 Å². The van der Waals surface area contributed by atoms with Gasteiger partial charge in [-0.3, -0.25) is 10.1 Å². The summed E-state index contributed by atoms with van der Waals surface area (Å²) in [7, 11) is 1.30. The minimum absolute atomic E-state index is 0.0320. The van der Waals surface area contributed by atoms with Crippen molar-refractivity contribution in [1.29, 1.82) is 0 Å². The highest BCUT2D eigenvalue weighted by Gasteiger charge is 2.16. The van der Waals surface area contributed by atoms with Crippen LogP contribution in [0.3, 0.4) is 0 Å². The van der Waals surface area contributed by atoms with E-state index in [1.807, 2.05) is 19.1 Å². The van der Waals surface area contributed by atoms with Gasteiger partial charge in [-0.1, -0.05) is 52.9 Å². The van der Waals surface area contributed by atoms with Gasteiger partial charge in [0.05, 0.1) is 7.11 Å². The summed E-state index contributed by atoms with van der Waals surface area (Å²) in [5.74, 6) is 0.165. The second-order valence-corrected chi connectivity index (χ2v) is 8.05. The number of hydrogen-bond acceptors (Lipinski definition) is 7. The Morgan fingerprint density at radius 3 is 2.62 bits per heavy atom. The molecule has 0 aliphatic carbocycles. The van der Waals surface area contributed by atoms with E-state index in [4.69, 9.17) is 4.74 Å². The monoisotopic (exact) mass is 437 g/mol. The summed E-state index contributed by atoms with van der Waals surface area (Å²) in [6.07, 6.45) is 0. The van der Waals surface area contributed by atoms with Crippen molar-refractivity contribution in [3.63, 3.8) is 0 Å². The number of thioether (sulfide) groups is 1. The van der Waals surface area contributed by atoms with Gasteiger partial charge in [-0.05, 0) is 30.7 Å². The van der Waals surface area contributed by atoms with Crippen LogP contribution in [-0.2, 0) is 5.75 Å². The minimum atomic E-state index is -2.99. The number of benzene rings is 2. The molecule has 0 radical (unpaired) electrons. The number of nitrogens with zero attached hydrogens (tertiary/aromatic N) is 2. The number of aryl methyl sites for hydroxylation is 1. The maximum atomic E-state index is 12.4. The molecule has 0 saturated heterocycles. The van der Waals surface area contributed by atoms with Crippen LogP contribution < -0.4 is 14.8 Å². The summed E-state index contributed by atoms with van der Waals surface area (Å²) in [6, 6.07) is 12.1. The van der Waals surface area contributed by atoms with E-state index < -0.39 is 12.5 Å². The second-order valence-electron chi connectivity index (χ2n) is 5.85. The van der Waals surface area contributed by atoms with Crippen molar-refractivity contribution in [3.05, 3.63) is 59.2 Å². The molecule has 10 heteroatoms. The molecule has 29 heavy (non-hydrogen) atoms. The number of rotatable bonds is 8. The molecule has 0 fully saturated rings. The van der Waals surface area contributed by atoms with Crippen LogP contribution in [0.2, 0.25) is 0 Å². The van der Waals surface area contributed by atoms with Crippen molar-refractivity contribution >= 4 is 34.1 Å². The number of ether oxygens (including phenoxy) is 2. The third-order valence-corrected chi connectivity index (χ3v) is 5.79. The van der Waals surface area contributed by atoms with Gasteiger partial charge in [0, 0.05) is 11.3 Å². The largest absolute Gasteiger partial charge is 0.493 e. The van der Waals surface area contributed by atoms with Crippen LogP contribution in [0.4, 0.5) is 13.9 Å². The molecule has 0 saturated carbocycles. The van der Waals surface area contributed by atoms with Gasteiger partial charge in [0.1, 0.15) is 0 Å². The Morgan fingerprint density at radius 1 is 1.17 bits per heavy atom. The highest BCUT2D eigenvalue weighted by Crippen LogP contribution is 2.31. The van der Waals surface area contributed by atoms with Crippen LogP contribution in [0.15, 0.2) is 46.8 Å². The van der Waals surface area contributed by atoms with Gasteiger partial charge in [0.15, 0.2) is 15.8 Å². The minimum Gasteiger partial charge on any atom is -0.493 e. The molecular formula is C19H17F2N3O3S2. The van der Waals surface area contributed by atoms with Crippen LogP contribution in [0.5, 0.6) is 11.5 Å². The number of nitrogens with one attached hydrogen (secondary N) is 1. The van der Waals surface area contributed by atoms with Crippen molar-refractivity contribution < 1.29 is 23.0 Å². The fourth-order valence-corrected chi connectivity index (χ4v) is 4.02. The zero-order chi connectivity index (χ0) is 20.8. The van der Waals surface area contributed by atoms with E-state index in [0.717, 1.165) is 10.1 Å². The zero-order valence-corrected chi connectivity index (χ0v) is 17.2. The van der Waals surface area contributed by atoms with Crippen LogP contribution >= 0.6 is 23.1 Å². The normalized spacial score (nSPS) is 10.8. The van der Waals surface area contributed by atoms with Crippen molar-refractivity contribution in [2.45, 2.75) is 23.6 Å². The molecule has 0 aliphatic heterocycles. The molecule has 0 spiro atoms. The molecule has 0 aliphatic rings. The number of aromatic nitrogens is 2. The van der Waals surface area contributed by atoms with Gasteiger partial charge >= 0.3 is 6.61 Å². The van der Waals surface area contributed by atoms with E-state index >= 15 is 0 Å². The molecule has 3 rings (SSSR count). The van der Waals surface area contributed by atoms with Crippen molar-refractivity contribution in [1.82, 2.24) is 10.2 Å². The number of alkyl halides is 2. The smallest absolute Gasteiger partial charge is 0.387 e. The first-order chi connectivity index (χ1) is 13.9. The average Bonchev–Trinajstić information content (AvgIpc) is 3.14. The quantitative estimate of drug-likeness (QED) is 0.395. The van der Waals surface area contributed by atoms with E-state index in [-0.39, 0.29) is 17.1 Å². The molecule has 1 aromatic heterocycles. The van der Waals surface area contributed by atoms with Gasteiger partial charge in [0.2, 0.25) is 5.13 Å². The summed E-state index contributed by atoms with van der Waals surface area (Å²) in [4.78, 5) is 12.4. The molecular weight excluding hydrogens is 420 g/mol. The Balaban J connectivity index is 1.61. The molecule has 0 bridgehead atoms. The summed E-state index contributed by atoms with van der Waals surface area (Å²) in [5, 5.41) is 11.0. The number of hydrogen-bond donors (Lipinski definition) is 1. The van der Waals surface area contributed by atoms with Crippen molar-refractivity contribution in [2.75, 3.05) is 12.4 Å². The zero-order valence-electron chi connectivity index (χ0n) is 15.5. The Kier molecular flexibility index (Phi) is 6.99. The number of methoxy groups -OCH3 is 1. The van der Waals surface area contributed by atoms with Crippen LogP contribution in [0, 0.1) is 6.92 Å². The number of anilines is 1. The maximum Gasteiger partial charge on any atom is 0.387 e. The number of amides is 1. The predicted molar refractivity (Wildman–Crippen MR) is 108 cm³/mol. The Hall–Kier alpha value is -2.72. The molecule has 1 heterocycles. The first kappa shape index (κ1) is 21.0. The molecule has 1 amide bonds. The number of carbonyl (C=O) groups is 1. The highest BCUT2D eigenvalue weighted by atomic mass is 32.2. The standard InChI is InChI=1S/C19H17F2N3O3S2/c1-11-3-5-12(6-4-11)10-28-19-24-23-18(29-19)22-16(25)13-7-8-14(27-17(20)21)15(9-13)26-2/h3-9,17H,10H2,1-2H3,(H,22,23,25). The molecule has 6 nitrogen and oxygen atoms in total. The van der Waals surface area contributed by atoms with Gasteiger partial charge in [0.25, 0.3) is 5.91 Å². The lowest BCUT2D eigenvalue weighted by Gasteiger charge is -2.11.